The third-order valence-corrected chi connectivity index (χ3v) is 6.05. The van der Waals surface area contributed by atoms with E-state index in [9.17, 15) is 9.59 Å². The molecule has 10 heteroatoms. The number of benzene rings is 3. The molecule has 0 radical (unpaired) electrons. The zero-order valence-corrected chi connectivity index (χ0v) is 21.8. The van der Waals surface area contributed by atoms with Crippen molar-refractivity contribution < 1.29 is 19.1 Å². The van der Waals surface area contributed by atoms with Gasteiger partial charge in [-0.1, -0.05) is 58.9 Å². The molecule has 2 amide bonds. The molecule has 38 heavy (non-hydrogen) atoms. The number of ether oxygens (including phenoxy) is 2. The van der Waals surface area contributed by atoms with E-state index < -0.39 is 0 Å². The molecule has 0 unspecified atom stereocenters. The molecule has 0 spiro atoms. The van der Waals surface area contributed by atoms with E-state index in [2.05, 4.69) is 26.0 Å². The molecule has 0 bridgehead atoms. The first kappa shape index (κ1) is 26.5. The zero-order valence-electron chi connectivity index (χ0n) is 21.0. The standard InChI is InChI=1S/C28H27N5O4S/c1-19-6-10-22(11-7-19)27(35)30-28-33-32-26(38-28)17-25(34)31-29-18-21-4-3-5-24(16-21)37-15-14-36-23-12-8-20(2)9-13-23/h3-13,16,18H,14-15,17H2,1-2H3,(H,31,34)(H,30,33,35)/b29-18-. The highest BCUT2D eigenvalue weighted by atomic mass is 32.1. The molecule has 1 aromatic heterocycles. The first-order valence-electron chi connectivity index (χ1n) is 11.9. The smallest absolute Gasteiger partial charge is 0.257 e. The number of amides is 2. The molecule has 0 saturated carbocycles. The van der Waals surface area contributed by atoms with Gasteiger partial charge in [0.2, 0.25) is 11.0 Å². The van der Waals surface area contributed by atoms with Crippen LogP contribution in [0.5, 0.6) is 11.5 Å². The highest BCUT2D eigenvalue weighted by Gasteiger charge is 2.12. The van der Waals surface area contributed by atoms with Gasteiger partial charge >= 0.3 is 0 Å². The summed E-state index contributed by atoms with van der Waals surface area (Å²) in [4.78, 5) is 24.6. The molecule has 4 rings (SSSR count). The fraction of sp³-hybridized carbons (Fsp3) is 0.179. The second-order valence-electron chi connectivity index (χ2n) is 8.37. The van der Waals surface area contributed by atoms with Crippen molar-refractivity contribution in [1.82, 2.24) is 15.6 Å². The Morgan fingerprint density at radius 2 is 1.58 bits per heavy atom. The van der Waals surface area contributed by atoms with Gasteiger partial charge in [-0.2, -0.15) is 5.10 Å². The van der Waals surface area contributed by atoms with Gasteiger partial charge in [0.25, 0.3) is 5.91 Å². The SMILES string of the molecule is Cc1ccc(OCCOc2cccc(/C=N\NC(=O)Cc3nnc(NC(=O)c4ccc(C)cc4)s3)c2)cc1. The van der Waals surface area contributed by atoms with E-state index in [-0.39, 0.29) is 18.2 Å². The molecule has 4 aromatic rings. The van der Waals surface area contributed by atoms with Crippen molar-refractivity contribution in [2.24, 2.45) is 5.10 Å². The van der Waals surface area contributed by atoms with E-state index in [4.69, 9.17) is 9.47 Å². The Morgan fingerprint density at radius 1 is 0.895 bits per heavy atom. The van der Waals surface area contributed by atoms with Gasteiger partial charge in [-0.25, -0.2) is 5.43 Å². The minimum absolute atomic E-state index is 0.0143. The Hall–Kier alpha value is -4.57. The van der Waals surface area contributed by atoms with Crippen molar-refractivity contribution in [3.63, 3.8) is 0 Å². The van der Waals surface area contributed by atoms with Crippen LogP contribution in [-0.2, 0) is 11.2 Å². The summed E-state index contributed by atoms with van der Waals surface area (Å²) in [7, 11) is 0. The quantitative estimate of drug-likeness (QED) is 0.167. The molecular weight excluding hydrogens is 502 g/mol. The normalized spacial score (nSPS) is 10.8. The number of anilines is 1. The highest BCUT2D eigenvalue weighted by Crippen LogP contribution is 2.17. The van der Waals surface area contributed by atoms with Gasteiger partial charge in [-0.3, -0.25) is 14.9 Å². The van der Waals surface area contributed by atoms with E-state index in [1.54, 1.807) is 12.1 Å². The summed E-state index contributed by atoms with van der Waals surface area (Å²) >= 11 is 1.13. The predicted octanol–water partition coefficient (Wildman–Crippen LogP) is 4.56. The van der Waals surface area contributed by atoms with Crippen LogP contribution in [0.1, 0.15) is 32.1 Å². The lowest BCUT2D eigenvalue weighted by Gasteiger charge is -2.09. The highest BCUT2D eigenvalue weighted by molar-refractivity contribution is 7.15. The maximum absolute atomic E-state index is 12.3. The minimum atomic E-state index is -0.352. The van der Waals surface area contributed by atoms with Crippen LogP contribution >= 0.6 is 11.3 Å². The number of aryl methyl sites for hydroxylation is 2. The van der Waals surface area contributed by atoms with Crippen molar-refractivity contribution in [1.29, 1.82) is 0 Å². The Balaban J connectivity index is 1.19. The van der Waals surface area contributed by atoms with Gasteiger partial charge in [0.05, 0.1) is 12.6 Å². The van der Waals surface area contributed by atoms with Crippen molar-refractivity contribution >= 4 is 34.5 Å². The molecule has 3 aromatic carbocycles. The molecule has 0 fully saturated rings. The molecule has 0 atom stereocenters. The van der Waals surface area contributed by atoms with Gasteiger partial charge in [0, 0.05) is 5.56 Å². The van der Waals surface area contributed by atoms with Crippen molar-refractivity contribution in [2.75, 3.05) is 18.5 Å². The molecule has 9 nitrogen and oxygen atoms in total. The van der Waals surface area contributed by atoms with E-state index in [1.807, 2.05) is 74.5 Å². The van der Waals surface area contributed by atoms with Crippen molar-refractivity contribution in [3.05, 3.63) is 100 Å². The van der Waals surface area contributed by atoms with E-state index in [0.717, 1.165) is 28.2 Å². The summed E-state index contributed by atoms with van der Waals surface area (Å²) in [6.07, 6.45) is 1.51. The number of nitrogens with zero attached hydrogens (tertiary/aromatic N) is 3. The Kier molecular flexibility index (Phi) is 9.14. The number of nitrogens with one attached hydrogen (secondary N) is 2. The van der Waals surface area contributed by atoms with Gasteiger partial charge in [0.1, 0.15) is 29.7 Å². The Bertz CT molecular complexity index is 1400. The van der Waals surface area contributed by atoms with E-state index in [1.165, 1.54) is 11.8 Å². The monoisotopic (exact) mass is 529 g/mol. The number of hydrogen-bond donors (Lipinski definition) is 2. The molecule has 2 N–H and O–H groups in total. The fourth-order valence-corrected chi connectivity index (χ4v) is 3.98. The van der Waals surface area contributed by atoms with E-state index in [0.29, 0.717) is 34.7 Å². The first-order chi connectivity index (χ1) is 18.4. The summed E-state index contributed by atoms with van der Waals surface area (Å²) in [5, 5.41) is 15.4. The largest absolute Gasteiger partial charge is 0.490 e. The van der Waals surface area contributed by atoms with Crippen LogP contribution in [-0.4, -0.2) is 41.4 Å². The summed E-state index contributed by atoms with van der Waals surface area (Å²) in [5.74, 6) is 0.829. The van der Waals surface area contributed by atoms with Gasteiger partial charge in [0.15, 0.2) is 0 Å². The van der Waals surface area contributed by atoms with Crippen LogP contribution in [0.3, 0.4) is 0 Å². The molecule has 194 valence electrons. The summed E-state index contributed by atoms with van der Waals surface area (Å²) in [5.41, 5.74) is 6.00. The summed E-state index contributed by atoms with van der Waals surface area (Å²) < 4.78 is 11.4. The van der Waals surface area contributed by atoms with Crippen LogP contribution in [0, 0.1) is 13.8 Å². The maximum Gasteiger partial charge on any atom is 0.257 e. The van der Waals surface area contributed by atoms with Gasteiger partial charge in [-0.15, -0.1) is 10.2 Å². The third-order valence-electron chi connectivity index (χ3n) is 5.22. The summed E-state index contributed by atoms with van der Waals surface area (Å²) in [6, 6.07) is 22.4. The number of rotatable bonds is 11. The second-order valence-corrected chi connectivity index (χ2v) is 9.44. The Morgan fingerprint density at radius 3 is 2.32 bits per heavy atom. The van der Waals surface area contributed by atoms with Crippen molar-refractivity contribution in [3.8, 4) is 11.5 Å². The Labute approximate surface area is 224 Å². The van der Waals surface area contributed by atoms with E-state index >= 15 is 0 Å². The molecule has 0 aliphatic rings. The number of carbonyl (C=O) groups excluding carboxylic acids is 2. The van der Waals surface area contributed by atoms with Crippen LogP contribution in [0.15, 0.2) is 77.9 Å². The molecule has 0 aliphatic carbocycles. The number of hydrogen-bond acceptors (Lipinski definition) is 8. The minimum Gasteiger partial charge on any atom is -0.490 e. The van der Waals surface area contributed by atoms with Crippen molar-refractivity contribution in [2.45, 2.75) is 20.3 Å². The predicted molar refractivity (Wildman–Crippen MR) is 147 cm³/mol. The first-order valence-corrected chi connectivity index (χ1v) is 12.7. The fourth-order valence-electron chi connectivity index (χ4n) is 3.24. The molecular formula is C28H27N5O4S. The molecule has 1 heterocycles. The lowest BCUT2D eigenvalue weighted by Crippen LogP contribution is -2.19. The number of carbonyl (C=O) groups is 2. The topological polar surface area (TPSA) is 115 Å². The average molecular weight is 530 g/mol. The second kappa shape index (κ2) is 13.1. The van der Waals surface area contributed by atoms with Crippen LogP contribution < -0.4 is 20.2 Å². The maximum atomic E-state index is 12.3. The third kappa shape index (κ3) is 8.24. The van der Waals surface area contributed by atoms with Crippen LogP contribution in [0.4, 0.5) is 5.13 Å². The van der Waals surface area contributed by atoms with Gasteiger partial charge < -0.3 is 9.47 Å². The lowest BCUT2D eigenvalue weighted by atomic mass is 10.1. The number of hydrazone groups is 1. The van der Waals surface area contributed by atoms with Gasteiger partial charge in [-0.05, 0) is 55.8 Å². The van der Waals surface area contributed by atoms with Crippen LogP contribution in [0.2, 0.25) is 0 Å². The number of aromatic nitrogens is 2. The summed E-state index contributed by atoms with van der Waals surface area (Å²) in [6.45, 7) is 4.78. The average Bonchev–Trinajstić information content (AvgIpc) is 3.34. The molecule has 0 aliphatic heterocycles. The lowest BCUT2D eigenvalue weighted by molar-refractivity contribution is -0.120. The molecule has 0 saturated heterocycles. The zero-order chi connectivity index (χ0) is 26.7. The van der Waals surface area contributed by atoms with Crippen LogP contribution in [0.25, 0.3) is 0 Å².